The molecular formula is C5H14N2O3S. The van der Waals surface area contributed by atoms with Crippen molar-refractivity contribution in [2.24, 2.45) is 11.5 Å². The minimum atomic E-state index is -3.93. The van der Waals surface area contributed by atoms with E-state index in [1.54, 1.807) is 6.92 Å². The van der Waals surface area contributed by atoms with E-state index >= 15 is 0 Å². The van der Waals surface area contributed by atoms with Crippen LogP contribution in [0.15, 0.2) is 0 Å². The lowest BCUT2D eigenvalue weighted by molar-refractivity contribution is 0.401. The second-order valence-corrected chi connectivity index (χ2v) is 4.19. The van der Waals surface area contributed by atoms with Crippen molar-refractivity contribution in [3.63, 3.8) is 0 Å². The van der Waals surface area contributed by atoms with Crippen LogP contribution < -0.4 is 11.5 Å². The smallest absolute Gasteiger partial charge is 0.264 e. The molecule has 0 amide bonds. The van der Waals surface area contributed by atoms with Crippen molar-refractivity contribution in [2.75, 3.05) is 5.75 Å². The highest BCUT2D eigenvalue weighted by Crippen LogP contribution is 2.04. The van der Waals surface area contributed by atoms with E-state index < -0.39 is 15.8 Å². The molecular weight excluding hydrogens is 168 g/mol. The van der Waals surface area contributed by atoms with Gasteiger partial charge in [-0.1, -0.05) is 6.92 Å². The zero-order valence-corrected chi connectivity index (χ0v) is 7.26. The van der Waals surface area contributed by atoms with E-state index in [1.807, 2.05) is 0 Å². The van der Waals surface area contributed by atoms with Crippen LogP contribution >= 0.6 is 0 Å². The van der Waals surface area contributed by atoms with Gasteiger partial charge >= 0.3 is 0 Å². The first-order chi connectivity index (χ1) is 4.77. The maximum Gasteiger partial charge on any atom is 0.264 e. The van der Waals surface area contributed by atoms with Crippen LogP contribution in [-0.4, -0.2) is 24.4 Å². The standard InChI is InChI=1S/C5H14N2O3S/c1-2-5(6,7)3-4-11(8,9)10/h2-4,6-7H2,1H3,(H,8,9,10). The number of hydrogen-bond acceptors (Lipinski definition) is 4. The van der Waals surface area contributed by atoms with Gasteiger partial charge in [0.1, 0.15) is 0 Å². The van der Waals surface area contributed by atoms with Crippen LogP contribution in [0.3, 0.4) is 0 Å². The molecule has 0 saturated carbocycles. The Labute approximate surface area is 66.5 Å². The van der Waals surface area contributed by atoms with Gasteiger partial charge in [-0.25, -0.2) is 0 Å². The second-order valence-electron chi connectivity index (χ2n) is 2.62. The summed E-state index contributed by atoms with van der Waals surface area (Å²) >= 11 is 0. The van der Waals surface area contributed by atoms with Gasteiger partial charge in [-0.2, -0.15) is 8.42 Å². The second kappa shape index (κ2) is 3.48. The highest BCUT2D eigenvalue weighted by molar-refractivity contribution is 7.85. The third-order valence-corrected chi connectivity index (χ3v) is 2.20. The fourth-order valence-corrected chi connectivity index (χ4v) is 1.13. The third-order valence-electron chi connectivity index (χ3n) is 1.48. The highest BCUT2D eigenvalue weighted by atomic mass is 32.2. The van der Waals surface area contributed by atoms with E-state index in [1.165, 1.54) is 0 Å². The fraction of sp³-hybridized carbons (Fsp3) is 1.00. The van der Waals surface area contributed by atoms with Crippen molar-refractivity contribution < 1.29 is 13.0 Å². The summed E-state index contributed by atoms with van der Waals surface area (Å²) in [7, 11) is -3.93. The van der Waals surface area contributed by atoms with Gasteiger partial charge in [-0.05, 0) is 12.8 Å². The molecule has 0 spiro atoms. The lowest BCUT2D eigenvalue weighted by Gasteiger charge is -2.21. The van der Waals surface area contributed by atoms with Gasteiger partial charge in [0, 0.05) is 0 Å². The Morgan fingerprint density at radius 3 is 2.18 bits per heavy atom. The molecule has 0 aliphatic rings. The van der Waals surface area contributed by atoms with Gasteiger partial charge in [-0.15, -0.1) is 0 Å². The Hall–Kier alpha value is -0.170. The monoisotopic (exact) mass is 182 g/mol. The normalized spacial score (nSPS) is 13.5. The van der Waals surface area contributed by atoms with Crippen LogP contribution in [-0.2, 0) is 10.1 Å². The molecule has 0 fully saturated rings. The van der Waals surface area contributed by atoms with Gasteiger partial charge in [0.15, 0.2) is 0 Å². The van der Waals surface area contributed by atoms with Crippen molar-refractivity contribution in [1.82, 2.24) is 0 Å². The van der Waals surface area contributed by atoms with E-state index in [0.29, 0.717) is 6.42 Å². The molecule has 0 aliphatic carbocycles. The van der Waals surface area contributed by atoms with E-state index in [0.717, 1.165) is 0 Å². The molecule has 0 aromatic carbocycles. The predicted molar refractivity (Wildman–Crippen MR) is 42.4 cm³/mol. The molecule has 11 heavy (non-hydrogen) atoms. The van der Waals surface area contributed by atoms with Gasteiger partial charge in [0.2, 0.25) is 0 Å². The predicted octanol–water partition coefficient (Wildman–Crippen LogP) is -0.712. The van der Waals surface area contributed by atoms with Crippen molar-refractivity contribution in [1.29, 1.82) is 0 Å². The quantitative estimate of drug-likeness (QED) is 0.393. The maximum atomic E-state index is 10.2. The largest absolute Gasteiger partial charge is 0.313 e. The maximum absolute atomic E-state index is 10.2. The first kappa shape index (κ1) is 10.8. The first-order valence-corrected chi connectivity index (χ1v) is 4.91. The molecule has 6 heteroatoms. The van der Waals surface area contributed by atoms with E-state index in [9.17, 15) is 8.42 Å². The van der Waals surface area contributed by atoms with Gasteiger partial charge in [0.05, 0.1) is 11.4 Å². The summed E-state index contributed by atoms with van der Waals surface area (Å²) in [6, 6.07) is 0. The van der Waals surface area contributed by atoms with Crippen LogP contribution in [0.2, 0.25) is 0 Å². The van der Waals surface area contributed by atoms with E-state index in [-0.39, 0.29) is 12.2 Å². The van der Waals surface area contributed by atoms with Crippen LogP contribution in [0.1, 0.15) is 19.8 Å². The lowest BCUT2D eigenvalue weighted by atomic mass is 10.1. The van der Waals surface area contributed by atoms with Gasteiger partial charge < -0.3 is 11.5 Å². The molecule has 68 valence electrons. The molecule has 0 saturated heterocycles. The van der Waals surface area contributed by atoms with Crippen molar-refractivity contribution in [2.45, 2.75) is 25.4 Å². The summed E-state index contributed by atoms with van der Waals surface area (Å²) < 4.78 is 28.8. The van der Waals surface area contributed by atoms with Crippen LogP contribution in [0, 0.1) is 0 Å². The molecule has 5 nitrogen and oxygen atoms in total. The van der Waals surface area contributed by atoms with Crippen molar-refractivity contribution in [3.8, 4) is 0 Å². The molecule has 0 radical (unpaired) electrons. The van der Waals surface area contributed by atoms with Crippen molar-refractivity contribution >= 4 is 10.1 Å². The average molecular weight is 182 g/mol. The molecule has 0 unspecified atom stereocenters. The summed E-state index contributed by atoms with van der Waals surface area (Å²) in [5, 5.41) is 0. The minimum Gasteiger partial charge on any atom is -0.313 e. The Kier molecular flexibility index (Phi) is 3.43. The molecule has 0 heterocycles. The number of hydrogen-bond donors (Lipinski definition) is 3. The van der Waals surface area contributed by atoms with Crippen LogP contribution in [0.25, 0.3) is 0 Å². The van der Waals surface area contributed by atoms with E-state index in [4.69, 9.17) is 16.0 Å². The molecule has 5 N–H and O–H groups in total. The fourth-order valence-electron chi connectivity index (χ4n) is 0.496. The number of rotatable bonds is 4. The van der Waals surface area contributed by atoms with Gasteiger partial charge in [0.25, 0.3) is 10.1 Å². The highest BCUT2D eigenvalue weighted by Gasteiger charge is 2.19. The average Bonchev–Trinajstić information content (AvgIpc) is 1.83. The third kappa shape index (κ3) is 6.24. The molecule has 0 bridgehead atoms. The van der Waals surface area contributed by atoms with E-state index in [2.05, 4.69) is 0 Å². The Bertz CT molecular complexity index is 210. The molecule has 0 atom stereocenters. The molecule has 0 rings (SSSR count). The Balaban J connectivity index is 3.90. The summed E-state index contributed by atoms with van der Waals surface area (Å²) in [4.78, 5) is 0. The number of nitrogens with two attached hydrogens (primary N) is 2. The first-order valence-electron chi connectivity index (χ1n) is 3.30. The minimum absolute atomic E-state index is 0.0718. The summed E-state index contributed by atoms with van der Waals surface area (Å²) in [5.41, 5.74) is 9.86. The zero-order chi connectivity index (χ0) is 9.12. The summed E-state index contributed by atoms with van der Waals surface area (Å²) in [6.45, 7) is 1.75. The Morgan fingerprint density at radius 2 is 1.91 bits per heavy atom. The van der Waals surface area contributed by atoms with Crippen LogP contribution in [0.5, 0.6) is 0 Å². The van der Waals surface area contributed by atoms with Crippen LogP contribution in [0.4, 0.5) is 0 Å². The zero-order valence-electron chi connectivity index (χ0n) is 6.45. The summed E-state index contributed by atoms with van der Waals surface area (Å²) in [6.07, 6.45) is 0.546. The molecule has 0 aromatic rings. The topological polar surface area (TPSA) is 106 Å². The summed E-state index contributed by atoms with van der Waals surface area (Å²) in [5.74, 6) is -0.381. The molecule has 0 aliphatic heterocycles. The van der Waals surface area contributed by atoms with Crippen molar-refractivity contribution in [3.05, 3.63) is 0 Å². The SMILES string of the molecule is CCC(N)(N)CCS(=O)(=O)O. The molecule has 0 aromatic heterocycles. The lowest BCUT2D eigenvalue weighted by Crippen LogP contribution is -2.49. The van der Waals surface area contributed by atoms with Gasteiger partial charge in [-0.3, -0.25) is 4.55 Å². The Morgan fingerprint density at radius 1 is 1.45 bits per heavy atom.